The van der Waals surface area contributed by atoms with Gasteiger partial charge in [0, 0.05) is 24.7 Å². The van der Waals surface area contributed by atoms with E-state index in [2.05, 4.69) is 15.6 Å². The first kappa shape index (κ1) is 22.0. The largest absolute Gasteiger partial charge is 0.455 e. The summed E-state index contributed by atoms with van der Waals surface area (Å²) in [6, 6.07) is 14.4. The molecule has 0 aliphatic heterocycles. The Morgan fingerprint density at radius 3 is 2.47 bits per heavy atom. The summed E-state index contributed by atoms with van der Waals surface area (Å²) in [6.07, 6.45) is 3.94. The lowest BCUT2D eigenvalue weighted by atomic mass is 9.83. The van der Waals surface area contributed by atoms with Gasteiger partial charge in [0.2, 0.25) is 0 Å². The fourth-order valence-corrected chi connectivity index (χ4v) is 5.23. The molecule has 3 aromatic rings. The Bertz CT molecular complexity index is 1100. The summed E-state index contributed by atoms with van der Waals surface area (Å²) in [5, 5.41) is 6.16. The van der Waals surface area contributed by atoms with Crippen LogP contribution in [0, 0.1) is 5.41 Å². The van der Waals surface area contributed by atoms with E-state index in [4.69, 9.17) is 4.74 Å². The topological polar surface area (TPSA) is 97.4 Å². The quantitative estimate of drug-likeness (QED) is 0.530. The molecule has 1 heterocycles. The number of aromatic nitrogens is 1. The number of anilines is 1. The van der Waals surface area contributed by atoms with E-state index in [0.29, 0.717) is 17.7 Å². The molecule has 8 heteroatoms. The second-order valence-corrected chi connectivity index (χ2v) is 9.14. The Morgan fingerprint density at radius 2 is 1.78 bits per heavy atom. The average molecular weight is 452 g/mol. The summed E-state index contributed by atoms with van der Waals surface area (Å²) in [5.41, 5.74) is 1.35. The van der Waals surface area contributed by atoms with Crippen molar-refractivity contribution >= 4 is 45.0 Å². The minimum absolute atomic E-state index is 0.202. The highest BCUT2D eigenvalue weighted by molar-refractivity contribution is 7.18. The van der Waals surface area contributed by atoms with Gasteiger partial charge in [-0.3, -0.25) is 14.4 Å². The molecule has 2 N–H and O–H groups in total. The number of esters is 1. The van der Waals surface area contributed by atoms with Crippen molar-refractivity contribution in [1.82, 2.24) is 10.3 Å². The Labute approximate surface area is 190 Å². The third kappa shape index (κ3) is 4.80. The smallest absolute Gasteiger partial charge is 0.313 e. The van der Waals surface area contributed by atoms with Crippen molar-refractivity contribution in [2.75, 3.05) is 19.0 Å². The number of nitrogens with zero attached hydrogens (tertiary/aromatic N) is 1. The van der Waals surface area contributed by atoms with Crippen LogP contribution in [-0.2, 0) is 20.7 Å². The van der Waals surface area contributed by atoms with Crippen molar-refractivity contribution < 1.29 is 19.1 Å². The highest BCUT2D eigenvalue weighted by Gasteiger charge is 2.43. The zero-order valence-electron chi connectivity index (χ0n) is 17.8. The maximum Gasteiger partial charge on any atom is 0.313 e. The Balaban J connectivity index is 1.36. The molecule has 4 rings (SSSR count). The first-order chi connectivity index (χ1) is 15.5. The van der Waals surface area contributed by atoms with Crippen molar-refractivity contribution in [3.63, 3.8) is 0 Å². The maximum absolute atomic E-state index is 13.0. The monoisotopic (exact) mass is 451 g/mol. The third-order valence-electron chi connectivity index (χ3n) is 5.81. The van der Waals surface area contributed by atoms with Gasteiger partial charge in [-0.05, 0) is 49.2 Å². The van der Waals surface area contributed by atoms with Gasteiger partial charge in [-0.2, -0.15) is 0 Å². The predicted octanol–water partition coefficient (Wildman–Crippen LogP) is 3.94. The minimum atomic E-state index is -0.622. The number of amides is 2. The third-order valence-corrected chi connectivity index (χ3v) is 6.85. The molecule has 0 unspecified atom stereocenters. The highest BCUT2D eigenvalue weighted by Crippen LogP contribution is 2.43. The number of carbonyl (C=O) groups excluding carboxylic acids is 3. The van der Waals surface area contributed by atoms with E-state index in [9.17, 15) is 14.4 Å². The Hall–Kier alpha value is -3.26. The molecule has 1 aliphatic carbocycles. The average Bonchev–Trinajstić information content (AvgIpc) is 3.44. The van der Waals surface area contributed by atoms with E-state index in [1.165, 1.54) is 0 Å². The first-order valence-electron chi connectivity index (χ1n) is 10.6. The predicted molar refractivity (Wildman–Crippen MR) is 124 cm³/mol. The first-order valence-corrected chi connectivity index (χ1v) is 11.4. The molecule has 7 nitrogen and oxygen atoms in total. The summed E-state index contributed by atoms with van der Waals surface area (Å²) >= 11 is 1.60. The molecule has 1 aliphatic rings. The lowest BCUT2D eigenvalue weighted by Gasteiger charge is -2.25. The molecular weight excluding hydrogens is 426 g/mol. The van der Waals surface area contributed by atoms with E-state index >= 15 is 0 Å². The number of para-hydroxylation sites is 1. The molecule has 1 aromatic heterocycles. The SMILES string of the molecule is CNC(=O)c1ccc(NC(=O)COC(=O)C2(Cc3nc4ccccc4s3)CCCC2)cc1. The van der Waals surface area contributed by atoms with Crippen molar-refractivity contribution in [2.24, 2.45) is 5.41 Å². The number of fused-ring (bicyclic) bond motifs is 1. The number of thiazole rings is 1. The second kappa shape index (κ2) is 9.48. The van der Waals surface area contributed by atoms with Crippen molar-refractivity contribution in [1.29, 1.82) is 0 Å². The van der Waals surface area contributed by atoms with Crippen LogP contribution in [0.2, 0.25) is 0 Å². The molecule has 0 atom stereocenters. The van der Waals surface area contributed by atoms with E-state index in [0.717, 1.165) is 40.9 Å². The zero-order valence-corrected chi connectivity index (χ0v) is 18.7. The van der Waals surface area contributed by atoms with Gasteiger partial charge in [0.1, 0.15) is 0 Å². The molecule has 0 spiro atoms. The van der Waals surface area contributed by atoms with Crippen LogP contribution in [0.15, 0.2) is 48.5 Å². The molecule has 2 aromatic carbocycles. The number of hydrogen-bond donors (Lipinski definition) is 2. The second-order valence-electron chi connectivity index (χ2n) is 8.02. The number of carbonyl (C=O) groups is 3. The van der Waals surface area contributed by atoms with Gasteiger partial charge >= 0.3 is 5.97 Å². The zero-order chi connectivity index (χ0) is 22.6. The van der Waals surface area contributed by atoms with Crippen molar-refractivity contribution in [3.8, 4) is 0 Å². The van der Waals surface area contributed by atoms with E-state index in [1.54, 1.807) is 42.6 Å². The van der Waals surface area contributed by atoms with Crippen LogP contribution in [0.25, 0.3) is 10.2 Å². The van der Waals surface area contributed by atoms with E-state index < -0.39 is 11.3 Å². The molecule has 1 fully saturated rings. The number of ether oxygens (including phenoxy) is 1. The van der Waals surface area contributed by atoms with E-state index in [1.807, 2.05) is 24.3 Å². The molecule has 0 saturated heterocycles. The van der Waals surface area contributed by atoms with Gasteiger partial charge in [-0.1, -0.05) is 25.0 Å². The number of nitrogens with one attached hydrogen (secondary N) is 2. The van der Waals surface area contributed by atoms with Crippen LogP contribution in [0.4, 0.5) is 5.69 Å². The van der Waals surface area contributed by atoms with E-state index in [-0.39, 0.29) is 18.5 Å². The summed E-state index contributed by atoms with van der Waals surface area (Å²) in [7, 11) is 1.56. The van der Waals surface area contributed by atoms with Crippen LogP contribution >= 0.6 is 11.3 Å². The van der Waals surface area contributed by atoms with Gasteiger partial charge in [0.05, 0.1) is 20.6 Å². The molecule has 32 heavy (non-hydrogen) atoms. The molecule has 1 saturated carbocycles. The molecule has 166 valence electrons. The summed E-state index contributed by atoms with van der Waals surface area (Å²) in [4.78, 5) is 41.6. The fraction of sp³-hybridized carbons (Fsp3) is 0.333. The molecule has 2 amide bonds. The maximum atomic E-state index is 13.0. The van der Waals surface area contributed by atoms with Crippen LogP contribution in [0.1, 0.15) is 41.0 Å². The van der Waals surface area contributed by atoms with Gasteiger partial charge < -0.3 is 15.4 Å². The van der Waals surface area contributed by atoms with Crippen molar-refractivity contribution in [3.05, 3.63) is 59.1 Å². The number of benzene rings is 2. The number of hydrogen-bond acceptors (Lipinski definition) is 6. The summed E-state index contributed by atoms with van der Waals surface area (Å²) in [6.45, 7) is -0.350. The standard InChI is InChI=1S/C24H25N3O4S/c1-25-22(29)16-8-10-17(11-9-16)26-20(28)15-31-23(30)24(12-4-5-13-24)14-21-27-18-6-2-3-7-19(18)32-21/h2-3,6-11H,4-5,12-15H2,1H3,(H,25,29)(H,26,28). The molecule has 0 radical (unpaired) electrons. The number of rotatable bonds is 7. The summed E-state index contributed by atoms with van der Waals surface area (Å²) < 4.78 is 6.55. The highest BCUT2D eigenvalue weighted by atomic mass is 32.1. The fourth-order valence-electron chi connectivity index (χ4n) is 4.12. The molecular formula is C24H25N3O4S. The minimum Gasteiger partial charge on any atom is -0.455 e. The van der Waals surface area contributed by atoms with Crippen LogP contribution in [0.5, 0.6) is 0 Å². The van der Waals surface area contributed by atoms with Gasteiger partial charge in [-0.25, -0.2) is 4.98 Å². The van der Waals surface area contributed by atoms with Crippen LogP contribution in [-0.4, -0.2) is 36.4 Å². The Kier molecular flexibility index (Phi) is 6.50. The van der Waals surface area contributed by atoms with Gasteiger partial charge in [-0.15, -0.1) is 11.3 Å². The van der Waals surface area contributed by atoms with Crippen LogP contribution in [0.3, 0.4) is 0 Å². The normalized spacial score (nSPS) is 14.8. The van der Waals surface area contributed by atoms with Gasteiger partial charge in [0.15, 0.2) is 6.61 Å². The van der Waals surface area contributed by atoms with Crippen molar-refractivity contribution in [2.45, 2.75) is 32.1 Å². The Morgan fingerprint density at radius 1 is 1.06 bits per heavy atom. The summed E-state index contributed by atoms with van der Waals surface area (Å²) in [5.74, 6) is -0.953. The lowest BCUT2D eigenvalue weighted by Crippen LogP contribution is -2.34. The lowest BCUT2D eigenvalue weighted by molar-refractivity contribution is -0.158. The molecule has 0 bridgehead atoms. The van der Waals surface area contributed by atoms with Crippen LogP contribution < -0.4 is 10.6 Å². The van der Waals surface area contributed by atoms with Gasteiger partial charge in [0.25, 0.3) is 11.8 Å².